The SMILES string of the molecule is Cc1ccc(C=CC(=O)Nc2nccs2)s1. The zero-order valence-corrected chi connectivity index (χ0v) is 10.3. The third-order valence-corrected chi connectivity index (χ3v) is 3.48. The molecule has 2 aromatic heterocycles. The maximum atomic E-state index is 11.5. The van der Waals surface area contributed by atoms with E-state index in [1.54, 1.807) is 23.6 Å². The molecule has 2 rings (SSSR count). The van der Waals surface area contributed by atoms with E-state index in [2.05, 4.69) is 10.3 Å². The number of nitrogens with one attached hydrogen (secondary N) is 1. The number of anilines is 1. The standard InChI is InChI=1S/C11H10N2OS2/c1-8-2-3-9(16-8)4-5-10(14)13-11-12-6-7-15-11/h2-7H,1H3,(H,12,13,14). The lowest BCUT2D eigenvalue weighted by Crippen LogP contribution is -2.06. The Labute approximate surface area is 101 Å². The Morgan fingerprint density at radius 2 is 2.38 bits per heavy atom. The minimum Gasteiger partial charge on any atom is -0.298 e. The van der Waals surface area contributed by atoms with Crippen molar-refractivity contribution in [3.05, 3.63) is 39.5 Å². The number of carbonyl (C=O) groups excluding carboxylic acids is 1. The molecule has 0 saturated heterocycles. The number of aryl methyl sites for hydroxylation is 1. The van der Waals surface area contributed by atoms with E-state index in [0.29, 0.717) is 5.13 Å². The molecule has 0 radical (unpaired) electrons. The van der Waals surface area contributed by atoms with Crippen LogP contribution in [0.3, 0.4) is 0 Å². The quantitative estimate of drug-likeness (QED) is 0.850. The maximum Gasteiger partial charge on any atom is 0.250 e. The molecule has 0 aliphatic carbocycles. The van der Waals surface area contributed by atoms with Gasteiger partial charge in [-0.05, 0) is 25.1 Å². The van der Waals surface area contributed by atoms with E-state index in [1.165, 1.54) is 22.3 Å². The largest absolute Gasteiger partial charge is 0.298 e. The Morgan fingerprint density at radius 3 is 3.00 bits per heavy atom. The van der Waals surface area contributed by atoms with Crippen molar-refractivity contribution in [1.82, 2.24) is 4.98 Å². The first-order valence-electron chi connectivity index (χ1n) is 4.69. The van der Waals surface area contributed by atoms with Crippen LogP contribution in [-0.4, -0.2) is 10.9 Å². The fraction of sp³-hybridized carbons (Fsp3) is 0.0909. The summed E-state index contributed by atoms with van der Waals surface area (Å²) in [6.07, 6.45) is 4.99. The summed E-state index contributed by atoms with van der Waals surface area (Å²) in [6.45, 7) is 2.04. The second kappa shape index (κ2) is 5.05. The van der Waals surface area contributed by atoms with E-state index >= 15 is 0 Å². The fourth-order valence-corrected chi connectivity index (χ4v) is 2.44. The van der Waals surface area contributed by atoms with Crippen molar-refractivity contribution in [3.63, 3.8) is 0 Å². The molecule has 3 nitrogen and oxygen atoms in total. The van der Waals surface area contributed by atoms with Gasteiger partial charge in [0.1, 0.15) is 0 Å². The van der Waals surface area contributed by atoms with Crippen molar-refractivity contribution in [2.45, 2.75) is 6.92 Å². The molecule has 2 aromatic rings. The zero-order chi connectivity index (χ0) is 11.4. The number of aromatic nitrogens is 1. The lowest BCUT2D eigenvalue weighted by atomic mass is 10.4. The van der Waals surface area contributed by atoms with Crippen LogP contribution in [0.5, 0.6) is 0 Å². The minimum atomic E-state index is -0.152. The topological polar surface area (TPSA) is 42.0 Å². The van der Waals surface area contributed by atoms with Gasteiger partial charge in [0.15, 0.2) is 5.13 Å². The first-order valence-corrected chi connectivity index (χ1v) is 6.38. The average molecular weight is 250 g/mol. The van der Waals surface area contributed by atoms with Gasteiger partial charge in [0, 0.05) is 27.4 Å². The Bertz CT molecular complexity index is 500. The van der Waals surface area contributed by atoms with Crippen molar-refractivity contribution in [3.8, 4) is 0 Å². The molecule has 2 heterocycles. The third-order valence-electron chi connectivity index (χ3n) is 1.82. The van der Waals surface area contributed by atoms with E-state index in [-0.39, 0.29) is 5.91 Å². The van der Waals surface area contributed by atoms with Crippen molar-refractivity contribution >= 4 is 39.8 Å². The smallest absolute Gasteiger partial charge is 0.250 e. The molecule has 16 heavy (non-hydrogen) atoms. The van der Waals surface area contributed by atoms with Gasteiger partial charge in [0.05, 0.1) is 0 Å². The molecule has 0 aliphatic heterocycles. The molecule has 82 valence electrons. The normalized spacial score (nSPS) is 10.8. The van der Waals surface area contributed by atoms with E-state index < -0.39 is 0 Å². The summed E-state index contributed by atoms with van der Waals surface area (Å²) in [5, 5.41) is 5.13. The minimum absolute atomic E-state index is 0.152. The highest BCUT2D eigenvalue weighted by Crippen LogP contribution is 2.16. The average Bonchev–Trinajstić information content (AvgIpc) is 2.87. The molecule has 0 fully saturated rings. The van der Waals surface area contributed by atoms with Gasteiger partial charge in [-0.25, -0.2) is 4.98 Å². The van der Waals surface area contributed by atoms with Crippen molar-refractivity contribution in [2.75, 3.05) is 5.32 Å². The van der Waals surface area contributed by atoms with Crippen LogP contribution in [0.15, 0.2) is 29.8 Å². The van der Waals surface area contributed by atoms with Crippen LogP contribution < -0.4 is 5.32 Å². The van der Waals surface area contributed by atoms with E-state index in [1.807, 2.05) is 24.4 Å². The predicted octanol–water partition coefficient (Wildman–Crippen LogP) is 3.16. The predicted molar refractivity (Wildman–Crippen MR) is 68.8 cm³/mol. The fourth-order valence-electron chi connectivity index (χ4n) is 1.13. The summed E-state index contributed by atoms with van der Waals surface area (Å²) >= 11 is 3.06. The Kier molecular flexibility index (Phi) is 3.48. The summed E-state index contributed by atoms with van der Waals surface area (Å²) in [5.41, 5.74) is 0. The van der Waals surface area contributed by atoms with Crippen LogP contribution in [-0.2, 0) is 4.79 Å². The number of hydrogen-bond donors (Lipinski definition) is 1. The van der Waals surface area contributed by atoms with Crippen LogP contribution in [0.4, 0.5) is 5.13 Å². The molecule has 0 saturated carbocycles. The summed E-state index contributed by atoms with van der Waals surface area (Å²) in [7, 11) is 0. The number of thiophene rings is 1. The Morgan fingerprint density at radius 1 is 1.50 bits per heavy atom. The second-order valence-electron chi connectivity index (χ2n) is 3.11. The molecular formula is C11H10N2OS2. The molecule has 1 amide bonds. The van der Waals surface area contributed by atoms with Gasteiger partial charge in [0.25, 0.3) is 0 Å². The van der Waals surface area contributed by atoms with E-state index in [4.69, 9.17) is 0 Å². The van der Waals surface area contributed by atoms with Crippen LogP contribution in [0.1, 0.15) is 9.75 Å². The number of thiazole rings is 1. The van der Waals surface area contributed by atoms with Gasteiger partial charge in [0.2, 0.25) is 5.91 Å². The van der Waals surface area contributed by atoms with Gasteiger partial charge in [-0.15, -0.1) is 22.7 Å². The van der Waals surface area contributed by atoms with Crippen LogP contribution in [0, 0.1) is 6.92 Å². The maximum absolute atomic E-state index is 11.5. The molecule has 5 heteroatoms. The highest BCUT2D eigenvalue weighted by Gasteiger charge is 1.99. The van der Waals surface area contributed by atoms with Gasteiger partial charge >= 0.3 is 0 Å². The second-order valence-corrected chi connectivity index (χ2v) is 5.32. The monoisotopic (exact) mass is 250 g/mol. The van der Waals surface area contributed by atoms with Crippen LogP contribution >= 0.6 is 22.7 Å². The number of hydrogen-bond acceptors (Lipinski definition) is 4. The summed E-state index contributed by atoms with van der Waals surface area (Å²) in [4.78, 5) is 17.7. The molecule has 1 N–H and O–H groups in total. The lowest BCUT2D eigenvalue weighted by molar-refractivity contribution is -0.111. The molecule has 0 atom stereocenters. The molecular weight excluding hydrogens is 240 g/mol. The summed E-state index contributed by atoms with van der Waals surface area (Å²) < 4.78 is 0. The Hall–Kier alpha value is -1.46. The number of amides is 1. The number of rotatable bonds is 3. The number of carbonyl (C=O) groups is 1. The third kappa shape index (κ3) is 3.01. The van der Waals surface area contributed by atoms with Crippen LogP contribution in [0.2, 0.25) is 0 Å². The number of nitrogens with zero attached hydrogens (tertiary/aromatic N) is 1. The van der Waals surface area contributed by atoms with Gasteiger partial charge in [-0.1, -0.05) is 0 Å². The van der Waals surface area contributed by atoms with Gasteiger partial charge < -0.3 is 0 Å². The molecule has 0 unspecified atom stereocenters. The van der Waals surface area contributed by atoms with Gasteiger partial charge in [-0.3, -0.25) is 10.1 Å². The van der Waals surface area contributed by atoms with Crippen molar-refractivity contribution in [1.29, 1.82) is 0 Å². The van der Waals surface area contributed by atoms with Crippen molar-refractivity contribution < 1.29 is 4.79 Å². The molecule has 0 aliphatic rings. The van der Waals surface area contributed by atoms with Crippen molar-refractivity contribution in [2.24, 2.45) is 0 Å². The summed E-state index contributed by atoms with van der Waals surface area (Å²) in [5.74, 6) is -0.152. The molecule has 0 aromatic carbocycles. The van der Waals surface area contributed by atoms with Crippen LogP contribution in [0.25, 0.3) is 6.08 Å². The highest BCUT2D eigenvalue weighted by molar-refractivity contribution is 7.13. The molecule has 0 bridgehead atoms. The first-order chi connectivity index (χ1) is 7.74. The van der Waals surface area contributed by atoms with Gasteiger partial charge in [-0.2, -0.15) is 0 Å². The first kappa shape index (κ1) is 11.0. The Balaban J connectivity index is 1.94. The zero-order valence-electron chi connectivity index (χ0n) is 8.64. The summed E-state index contributed by atoms with van der Waals surface area (Å²) in [6, 6.07) is 4.02. The highest BCUT2D eigenvalue weighted by atomic mass is 32.1. The van der Waals surface area contributed by atoms with E-state index in [0.717, 1.165) is 4.88 Å². The lowest BCUT2D eigenvalue weighted by Gasteiger charge is -1.94. The molecule has 0 spiro atoms. The van der Waals surface area contributed by atoms with E-state index in [9.17, 15) is 4.79 Å².